The fourth-order valence-corrected chi connectivity index (χ4v) is 3.10. The molecule has 0 radical (unpaired) electrons. The monoisotopic (exact) mass is 324 g/mol. The Morgan fingerprint density at radius 3 is 2.64 bits per heavy atom. The molecule has 0 bridgehead atoms. The molecule has 0 aromatic carbocycles. The summed E-state index contributed by atoms with van der Waals surface area (Å²) in [4.78, 5) is 21.4. The van der Waals surface area contributed by atoms with Crippen molar-refractivity contribution in [3.8, 4) is 0 Å². The quantitative estimate of drug-likeness (QED) is 0.869. The highest BCUT2D eigenvalue weighted by atomic mass is 32.1. The van der Waals surface area contributed by atoms with Crippen molar-refractivity contribution >= 4 is 17.2 Å². The number of nitrogens with zero attached hydrogens (tertiary/aromatic N) is 3. The zero-order valence-electron chi connectivity index (χ0n) is 14.1. The van der Waals surface area contributed by atoms with Crippen LogP contribution in [0.15, 0.2) is 10.9 Å². The summed E-state index contributed by atoms with van der Waals surface area (Å²) >= 11 is 1.64. The molecule has 0 spiro atoms. The van der Waals surface area contributed by atoms with Crippen LogP contribution in [0, 0.1) is 0 Å². The molecule has 1 saturated heterocycles. The van der Waals surface area contributed by atoms with Crippen LogP contribution in [-0.4, -0.2) is 58.5 Å². The predicted molar refractivity (Wildman–Crippen MR) is 90.9 cm³/mol. The molecule has 1 aromatic heterocycles. The van der Waals surface area contributed by atoms with Gasteiger partial charge in [0.05, 0.1) is 17.2 Å². The molecular formula is C16H28N4OS. The summed E-state index contributed by atoms with van der Waals surface area (Å²) < 4.78 is 0. The standard InChI is InChI=1S/C16H28N4OS/c1-5-16(3,4)18-15(21)13(2)20-8-6-19(7-9-20)10-14-11-22-12-17-14/h11-13H,5-10H2,1-4H3,(H,18,21). The van der Waals surface area contributed by atoms with Crippen molar-refractivity contribution in [1.29, 1.82) is 0 Å². The van der Waals surface area contributed by atoms with Gasteiger partial charge in [0.15, 0.2) is 0 Å². The molecule has 1 aromatic rings. The third-order valence-corrected chi connectivity index (χ3v) is 5.18. The van der Waals surface area contributed by atoms with Crippen LogP contribution in [0.1, 0.15) is 39.8 Å². The molecule has 5 nitrogen and oxygen atoms in total. The van der Waals surface area contributed by atoms with E-state index >= 15 is 0 Å². The van der Waals surface area contributed by atoms with Gasteiger partial charge in [-0.3, -0.25) is 14.6 Å². The molecule has 1 aliphatic heterocycles. The number of piperazine rings is 1. The van der Waals surface area contributed by atoms with Gasteiger partial charge in [0.2, 0.25) is 5.91 Å². The zero-order chi connectivity index (χ0) is 16.2. The van der Waals surface area contributed by atoms with Crippen LogP contribution in [0.5, 0.6) is 0 Å². The van der Waals surface area contributed by atoms with Gasteiger partial charge in [-0.25, -0.2) is 4.98 Å². The molecule has 2 heterocycles. The van der Waals surface area contributed by atoms with Gasteiger partial charge in [-0.1, -0.05) is 6.92 Å². The van der Waals surface area contributed by atoms with Crippen LogP contribution >= 0.6 is 11.3 Å². The Hall–Kier alpha value is -0.980. The summed E-state index contributed by atoms with van der Waals surface area (Å²) in [5.74, 6) is 0.139. The first kappa shape index (κ1) is 17.4. The summed E-state index contributed by atoms with van der Waals surface area (Å²) in [5, 5.41) is 5.25. The molecule has 2 rings (SSSR count). The van der Waals surface area contributed by atoms with E-state index in [4.69, 9.17) is 0 Å². The van der Waals surface area contributed by atoms with E-state index in [1.54, 1.807) is 11.3 Å². The highest BCUT2D eigenvalue weighted by Gasteiger charge is 2.28. The van der Waals surface area contributed by atoms with Crippen molar-refractivity contribution in [3.63, 3.8) is 0 Å². The maximum Gasteiger partial charge on any atom is 0.237 e. The number of carbonyl (C=O) groups excluding carboxylic acids is 1. The maximum atomic E-state index is 12.4. The van der Waals surface area contributed by atoms with E-state index in [1.807, 2.05) is 12.4 Å². The first-order chi connectivity index (χ1) is 10.4. The highest BCUT2D eigenvalue weighted by molar-refractivity contribution is 7.07. The van der Waals surface area contributed by atoms with Gasteiger partial charge >= 0.3 is 0 Å². The molecule has 1 N–H and O–H groups in total. The van der Waals surface area contributed by atoms with E-state index in [-0.39, 0.29) is 17.5 Å². The smallest absolute Gasteiger partial charge is 0.237 e. The number of nitrogens with one attached hydrogen (secondary N) is 1. The van der Waals surface area contributed by atoms with Crippen molar-refractivity contribution in [2.45, 2.75) is 52.2 Å². The SMILES string of the molecule is CCC(C)(C)NC(=O)C(C)N1CCN(Cc2cscn2)CC1. The van der Waals surface area contributed by atoms with E-state index in [2.05, 4.69) is 46.3 Å². The molecule has 1 amide bonds. The minimum absolute atomic E-state index is 0.0627. The lowest BCUT2D eigenvalue weighted by atomic mass is 10.0. The summed E-state index contributed by atoms with van der Waals surface area (Å²) in [6.45, 7) is 13.0. The second-order valence-electron chi connectivity index (χ2n) is 6.69. The van der Waals surface area contributed by atoms with Crippen molar-refractivity contribution in [2.75, 3.05) is 26.2 Å². The zero-order valence-corrected chi connectivity index (χ0v) is 14.9. The number of hydrogen-bond acceptors (Lipinski definition) is 5. The van der Waals surface area contributed by atoms with Gasteiger partial charge in [0.1, 0.15) is 0 Å². The predicted octanol–water partition coefficient (Wildman–Crippen LogP) is 1.95. The fraction of sp³-hybridized carbons (Fsp3) is 0.750. The van der Waals surface area contributed by atoms with Crippen LogP contribution in [0.4, 0.5) is 0 Å². The third kappa shape index (κ3) is 4.76. The second-order valence-corrected chi connectivity index (χ2v) is 7.41. The number of amides is 1. The Kier molecular flexibility index (Phi) is 5.94. The second kappa shape index (κ2) is 7.53. The van der Waals surface area contributed by atoms with E-state index < -0.39 is 0 Å². The Morgan fingerprint density at radius 1 is 1.41 bits per heavy atom. The molecule has 0 aliphatic carbocycles. The van der Waals surface area contributed by atoms with E-state index in [0.717, 1.165) is 44.8 Å². The van der Waals surface area contributed by atoms with Gasteiger partial charge in [-0.15, -0.1) is 11.3 Å². The molecule has 124 valence electrons. The number of hydrogen-bond donors (Lipinski definition) is 1. The summed E-state index contributed by atoms with van der Waals surface area (Å²) in [7, 11) is 0. The van der Waals surface area contributed by atoms with Crippen LogP contribution in [-0.2, 0) is 11.3 Å². The summed E-state index contributed by atoms with van der Waals surface area (Å²) in [6, 6.07) is -0.0627. The molecule has 1 atom stereocenters. The van der Waals surface area contributed by atoms with Gasteiger partial charge < -0.3 is 5.32 Å². The third-order valence-electron chi connectivity index (χ3n) is 4.55. The lowest BCUT2D eigenvalue weighted by molar-refractivity contribution is -0.128. The molecular weight excluding hydrogens is 296 g/mol. The van der Waals surface area contributed by atoms with Crippen LogP contribution < -0.4 is 5.32 Å². The van der Waals surface area contributed by atoms with Crippen LogP contribution in [0.2, 0.25) is 0 Å². The lowest BCUT2D eigenvalue weighted by Crippen LogP contribution is -2.56. The van der Waals surface area contributed by atoms with Gasteiger partial charge in [-0.05, 0) is 27.2 Å². The molecule has 1 unspecified atom stereocenters. The molecule has 6 heteroatoms. The summed E-state index contributed by atoms with van der Waals surface area (Å²) in [6.07, 6.45) is 0.937. The van der Waals surface area contributed by atoms with Crippen LogP contribution in [0.3, 0.4) is 0 Å². The molecule has 0 saturated carbocycles. The van der Waals surface area contributed by atoms with E-state index in [9.17, 15) is 4.79 Å². The Bertz CT molecular complexity index is 467. The van der Waals surface area contributed by atoms with Crippen molar-refractivity contribution in [1.82, 2.24) is 20.1 Å². The largest absolute Gasteiger partial charge is 0.350 e. The lowest BCUT2D eigenvalue weighted by Gasteiger charge is -2.38. The molecule has 22 heavy (non-hydrogen) atoms. The first-order valence-corrected chi connectivity index (χ1v) is 9.01. The number of thiazole rings is 1. The minimum atomic E-state index is -0.127. The van der Waals surface area contributed by atoms with Crippen molar-refractivity contribution in [3.05, 3.63) is 16.6 Å². The number of carbonyl (C=O) groups is 1. The number of aromatic nitrogens is 1. The Balaban J connectivity index is 1.79. The fourth-order valence-electron chi connectivity index (χ4n) is 2.55. The van der Waals surface area contributed by atoms with Crippen molar-refractivity contribution < 1.29 is 4.79 Å². The average Bonchev–Trinajstić information content (AvgIpc) is 3.00. The minimum Gasteiger partial charge on any atom is -0.350 e. The normalized spacial score (nSPS) is 19.1. The van der Waals surface area contributed by atoms with Crippen LogP contribution in [0.25, 0.3) is 0 Å². The van der Waals surface area contributed by atoms with Crippen molar-refractivity contribution in [2.24, 2.45) is 0 Å². The van der Waals surface area contributed by atoms with Gasteiger partial charge in [-0.2, -0.15) is 0 Å². The average molecular weight is 324 g/mol. The van der Waals surface area contributed by atoms with E-state index in [0.29, 0.717) is 0 Å². The van der Waals surface area contributed by atoms with Gasteiger partial charge in [0.25, 0.3) is 0 Å². The first-order valence-electron chi connectivity index (χ1n) is 8.07. The summed E-state index contributed by atoms with van der Waals surface area (Å²) in [5.41, 5.74) is 2.90. The maximum absolute atomic E-state index is 12.4. The Labute approximate surface area is 137 Å². The van der Waals surface area contributed by atoms with E-state index in [1.165, 1.54) is 0 Å². The molecule has 1 fully saturated rings. The number of rotatable bonds is 6. The van der Waals surface area contributed by atoms with Gasteiger partial charge in [0, 0.05) is 43.6 Å². The molecule has 1 aliphatic rings. The topological polar surface area (TPSA) is 48.5 Å². The highest BCUT2D eigenvalue weighted by Crippen LogP contribution is 2.13. The Morgan fingerprint density at radius 2 is 2.09 bits per heavy atom.